The summed E-state index contributed by atoms with van der Waals surface area (Å²) in [5.41, 5.74) is 3.90. The van der Waals surface area contributed by atoms with Crippen molar-refractivity contribution in [2.75, 3.05) is 20.3 Å². The Hall–Kier alpha value is -3.80. The highest BCUT2D eigenvalue weighted by atomic mass is 16.5. The number of carbonyl (C=O) groups excluding carboxylic acids is 1. The van der Waals surface area contributed by atoms with E-state index in [9.17, 15) is 4.79 Å². The fraction of sp³-hybridized carbons (Fsp3) is 0.167. The molecule has 154 valence electrons. The second-order valence-corrected chi connectivity index (χ2v) is 6.34. The van der Waals surface area contributed by atoms with E-state index < -0.39 is 0 Å². The first kappa shape index (κ1) is 20.9. The smallest absolute Gasteiger partial charge is 0.271 e. The highest BCUT2D eigenvalue weighted by Crippen LogP contribution is 2.25. The number of methoxy groups -OCH3 is 1. The second-order valence-electron chi connectivity index (χ2n) is 6.34. The molecule has 3 rings (SSSR count). The summed E-state index contributed by atoms with van der Waals surface area (Å²) in [6.07, 6.45) is 2.31. The average Bonchev–Trinajstić information content (AvgIpc) is 2.80. The molecule has 30 heavy (non-hydrogen) atoms. The molecule has 0 fully saturated rings. The van der Waals surface area contributed by atoms with Crippen molar-refractivity contribution in [3.05, 3.63) is 90.0 Å². The lowest BCUT2D eigenvalue weighted by Crippen LogP contribution is -2.17. The van der Waals surface area contributed by atoms with E-state index in [2.05, 4.69) is 10.5 Å². The highest BCUT2D eigenvalue weighted by Gasteiger charge is 2.03. The molecule has 3 aromatic carbocycles. The molecular weight excluding hydrogens is 380 g/mol. The Labute approximate surface area is 176 Å². The van der Waals surface area contributed by atoms with Gasteiger partial charge in [0.2, 0.25) is 0 Å². The van der Waals surface area contributed by atoms with Gasteiger partial charge in [-0.1, -0.05) is 42.5 Å². The third-order valence-electron chi connectivity index (χ3n) is 4.16. The quantitative estimate of drug-likeness (QED) is 0.311. The minimum atomic E-state index is -0.255. The van der Waals surface area contributed by atoms with E-state index in [0.717, 1.165) is 23.5 Å². The van der Waals surface area contributed by atoms with E-state index in [1.807, 2.05) is 54.6 Å². The number of para-hydroxylation sites is 2. The number of hydrogen-bond donors (Lipinski definition) is 1. The lowest BCUT2D eigenvalue weighted by molar-refractivity contribution is 0.0955. The Balaban J connectivity index is 1.42. The summed E-state index contributed by atoms with van der Waals surface area (Å²) in [6.45, 7) is 1.04. The van der Waals surface area contributed by atoms with Crippen molar-refractivity contribution in [2.45, 2.75) is 6.42 Å². The number of hydrazone groups is 1. The van der Waals surface area contributed by atoms with Gasteiger partial charge in [-0.2, -0.15) is 5.10 Å². The molecular formula is C24H24N2O4. The lowest BCUT2D eigenvalue weighted by Gasteiger charge is -2.11. The van der Waals surface area contributed by atoms with Crippen molar-refractivity contribution in [1.29, 1.82) is 0 Å². The zero-order valence-corrected chi connectivity index (χ0v) is 16.8. The molecule has 6 nitrogen and oxygen atoms in total. The third kappa shape index (κ3) is 6.38. The molecule has 0 spiro atoms. The first-order chi connectivity index (χ1) is 14.8. The van der Waals surface area contributed by atoms with Gasteiger partial charge < -0.3 is 14.2 Å². The number of benzene rings is 3. The van der Waals surface area contributed by atoms with Gasteiger partial charge in [-0.15, -0.1) is 0 Å². The van der Waals surface area contributed by atoms with Crippen molar-refractivity contribution < 1.29 is 19.0 Å². The Morgan fingerprint density at radius 1 is 0.900 bits per heavy atom. The van der Waals surface area contributed by atoms with Crippen LogP contribution in [0.2, 0.25) is 0 Å². The SMILES string of the molecule is COc1ccccc1OCCCOc1cccc(/C=N/NC(=O)c2ccccc2)c1. The highest BCUT2D eigenvalue weighted by molar-refractivity contribution is 5.94. The molecule has 0 heterocycles. The standard InChI is InChI=1S/C24H24N2O4/c1-28-22-13-5-6-14-23(22)30-16-8-15-29-21-12-7-9-19(17-21)18-25-26-24(27)20-10-3-2-4-11-20/h2-7,9-14,17-18H,8,15-16H2,1H3,(H,26,27)/b25-18+. The normalized spacial score (nSPS) is 10.6. The van der Waals surface area contributed by atoms with Crippen LogP contribution in [0.25, 0.3) is 0 Å². The maximum absolute atomic E-state index is 12.0. The van der Waals surface area contributed by atoms with Gasteiger partial charge in [0, 0.05) is 12.0 Å². The Morgan fingerprint density at radius 2 is 1.63 bits per heavy atom. The molecule has 0 saturated heterocycles. The lowest BCUT2D eigenvalue weighted by atomic mass is 10.2. The summed E-state index contributed by atoms with van der Waals surface area (Å²) in [7, 11) is 1.62. The minimum absolute atomic E-state index is 0.255. The molecule has 1 N–H and O–H groups in total. The molecule has 0 aromatic heterocycles. The fourth-order valence-corrected chi connectivity index (χ4v) is 2.67. The first-order valence-electron chi connectivity index (χ1n) is 9.63. The molecule has 0 aliphatic carbocycles. The summed E-state index contributed by atoms with van der Waals surface area (Å²) in [4.78, 5) is 12.0. The van der Waals surface area contributed by atoms with Crippen molar-refractivity contribution in [1.82, 2.24) is 5.43 Å². The molecule has 0 bridgehead atoms. The van der Waals surface area contributed by atoms with E-state index in [0.29, 0.717) is 24.5 Å². The minimum Gasteiger partial charge on any atom is -0.493 e. The van der Waals surface area contributed by atoms with Crippen LogP contribution in [0.4, 0.5) is 0 Å². The number of nitrogens with zero attached hydrogens (tertiary/aromatic N) is 1. The number of carbonyl (C=O) groups is 1. The molecule has 0 saturated carbocycles. The summed E-state index contributed by atoms with van der Waals surface area (Å²) < 4.78 is 16.8. The molecule has 0 atom stereocenters. The monoisotopic (exact) mass is 404 g/mol. The van der Waals surface area contributed by atoms with Crippen LogP contribution < -0.4 is 19.6 Å². The van der Waals surface area contributed by atoms with Gasteiger partial charge >= 0.3 is 0 Å². The molecule has 0 aliphatic heterocycles. The molecule has 0 aliphatic rings. The van der Waals surface area contributed by atoms with Gasteiger partial charge in [0.05, 0.1) is 26.5 Å². The Bertz CT molecular complexity index is 974. The van der Waals surface area contributed by atoms with E-state index >= 15 is 0 Å². The summed E-state index contributed by atoms with van der Waals surface area (Å²) in [5.74, 6) is 1.90. The van der Waals surface area contributed by atoms with Crippen LogP contribution in [0.15, 0.2) is 84.0 Å². The van der Waals surface area contributed by atoms with Crippen LogP contribution in [0.5, 0.6) is 17.2 Å². The number of hydrogen-bond acceptors (Lipinski definition) is 5. The van der Waals surface area contributed by atoms with E-state index in [1.165, 1.54) is 0 Å². The van der Waals surface area contributed by atoms with Crippen molar-refractivity contribution >= 4 is 12.1 Å². The number of nitrogens with one attached hydrogen (secondary N) is 1. The molecule has 0 radical (unpaired) electrons. The molecule has 3 aromatic rings. The van der Waals surface area contributed by atoms with E-state index in [-0.39, 0.29) is 5.91 Å². The van der Waals surface area contributed by atoms with Crippen LogP contribution in [0, 0.1) is 0 Å². The van der Waals surface area contributed by atoms with Crippen LogP contribution in [-0.2, 0) is 0 Å². The van der Waals surface area contributed by atoms with Gasteiger partial charge in [-0.25, -0.2) is 5.43 Å². The van der Waals surface area contributed by atoms with Gasteiger partial charge in [0.1, 0.15) is 5.75 Å². The third-order valence-corrected chi connectivity index (χ3v) is 4.16. The number of rotatable bonds is 10. The van der Waals surface area contributed by atoms with Gasteiger partial charge in [-0.3, -0.25) is 4.79 Å². The van der Waals surface area contributed by atoms with Crippen molar-refractivity contribution in [2.24, 2.45) is 5.10 Å². The first-order valence-corrected chi connectivity index (χ1v) is 9.63. The second kappa shape index (κ2) is 11.3. The van der Waals surface area contributed by atoms with Crippen LogP contribution in [-0.4, -0.2) is 32.4 Å². The van der Waals surface area contributed by atoms with Crippen LogP contribution in [0.1, 0.15) is 22.3 Å². The zero-order chi connectivity index (χ0) is 21.0. The van der Waals surface area contributed by atoms with Crippen molar-refractivity contribution in [3.63, 3.8) is 0 Å². The largest absolute Gasteiger partial charge is 0.493 e. The van der Waals surface area contributed by atoms with Crippen molar-refractivity contribution in [3.8, 4) is 17.2 Å². The topological polar surface area (TPSA) is 69.2 Å². The average molecular weight is 404 g/mol. The predicted molar refractivity (Wildman–Crippen MR) is 117 cm³/mol. The molecule has 1 amide bonds. The maximum atomic E-state index is 12.0. The van der Waals surface area contributed by atoms with Gasteiger partial charge in [-0.05, 0) is 42.0 Å². The summed E-state index contributed by atoms with van der Waals surface area (Å²) >= 11 is 0. The number of amides is 1. The Kier molecular flexibility index (Phi) is 7.85. The van der Waals surface area contributed by atoms with E-state index in [4.69, 9.17) is 14.2 Å². The predicted octanol–water partition coefficient (Wildman–Crippen LogP) is 4.31. The number of ether oxygens (including phenoxy) is 3. The molecule has 6 heteroatoms. The van der Waals surface area contributed by atoms with Gasteiger partial charge in [0.25, 0.3) is 5.91 Å². The zero-order valence-electron chi connectivity index (χ0n) is 16.8. The summed E-state index contributed by atoms with van der Waals surface area (Å²) in [5, 5.41) is 4.01. The summed E-state index contributed by atoms with van der Waals surface area (Å²) in [6, 6.07) is 24.0. The Morgan fingerprint density at radius 3 is 2.43 bits per heavy atom. The maximum Gasteiger partial charge on any atom is 0.271 e. The van der Waals surface area contributed by atoms with Gasteiger partial charge in [0.15, 0.2) is 11.5 Å². The van der Waals surface area contributed by atoms with E-state index in [1.54, 1.807) is 37.6 Å². The van der Waals surface area contributed by atoms with Crippen LogP contribution >= 0.6 is 0 Å². The van der Waals surface area contributed by atoms with Crippen LogP contribution in [0.3, 0.4) is 0 Å². The molecule has 0 unspecified atom stereocenters. The fourth-order valence-electron chi connectivity index (χ4n) is 2.67.